The molecule has 8 nitrogen and oxygen atoms in total. The Morgan fingerprint density at radius 3 is 1.62 bits per heavy atom. The lowest BCUT2D eigenvalue weighted by Gasteiger charge is -2.02. The van der Waals surface area contributed by atoms with Gasteiger partial charge >= 0.3 is 0 Å². The van der Waals surface area contributed by atoms with E-state index in [0.717, 1.165) is 8.95 Å². The number of phenolic OH excluding ortho intramolecular Hbond substituents is 2. The molecule has 29 heavy (non-hydrogen) atoms. The summed E-state index contributed by atoms with van der Waals surface area (Å²) in [5.41, 5.74) is 5.60. The average Bonchev–Trinajstić information content (AvgIpc) is 2.65. The molecule has 0 aliphatic rings. The van der Waals surface area contributed by atoms with Crippen LogP contribution in [0.4, 0.5) is 0 Å². The maximum Gasteiger partial charge on any atom is 0.240 e. The molecule has 0 atom stereocenters. The lowest BCUT2D eigenvalue weighted by atomic mass is 10.2. The predicted octanol–water partition coefficient (Wildman–Crippen LogP) is 3.39. The normalized spacial score (nSPS) is 11.1. The molecule has 152 valence electrons. The number of hydrogen-bond acceptors (Lipinski definition) is 6. The zero-order valence-corrected chi connectivity index (χ0v) is 18.3. The summed E-state index contributed by atoms with van der Waals surface area (Å²) in [7, 11) is 0. The Kier molecular flexibility index (Phi) is 8.81. The third kappa shape index (κ3) is 8.04. The SMILES string of the molecule is O=C(CCCC(=O)NN=Cc1ccc(Br)cc1O)NN=Cc1ccc(Br)cc1O. The summed E-state index contributed by atoms with van der Waals surface area (Å²) in [6.07, 6.45) is 3.19. The molecule has 0 radical (unpaired) electrons. The monoisotopic (exact) mass is 524 g/mol. The lowest BCUT2D eigenvalue weighted by molar-refractivity contribution is -0.122. The van der Waals surface area contributed by atoms with Gasteiger partial charge in [-0.1, -0.05) is 31.9 Å². The molecule has 2 rings (SSSR count). The number of rotatable bonds is 8. The minimum Gasteiger partial charge on any atom is -0.507 e. The number of benzene rings is 2. The van der Waals surface area contributed by atoms with Crippen LogP contribution in [0.15, 0.2) is 55.5 Å². The van der Waals surface area contributed by atoms with Crippen LogP contribution < -0.4 is 10.9 Å². The Morgan fingerprint density at radius 1 is 0.828 bits per heavy atom. The predicted molar refractivity (Wildman–Crippen MR) is 117 cm³/mol. The van der Waals surface area contributed by atoms with Gasteiger partial charge in [-0.2, -0.15) is 10.2 Å². The van der Waals surface area contributed by atoms with E-state index in [2.05, 4.69) is 52.9 Å². The second kappa shape index (κ2) is 11.3. The van der Waals surface area contributed by atoms with Gasteiger partial charge in [-0.15, -0.1) is 0 Å². The fraction of sp³-hybridized carbons (Fsp3) is 0.158. The first-order chi connectivity index (χ1) is 13.8. The molecular formula is C19H18Br2N4O4. The highest BCUT2D eigenvalue weighted by Crippen LogP contribution is 2.21. The van der Waals surface area contributed by atoms with E-state index in [9.17, 15) is 19.8 Å². The molecule has 0 aliphatic heterocycles. The number of phenols is 2. The number of hydrazone groups is 2. The summed E-state index contributed by atoms with van der Waals surface area (Å²) in [5.74, 6) is -0.639. The van der Waals surface area contributed by atoms with E-state index >= 15 is 0 Å². The maximum atomic E-state index is 11.7. The van der Waals surface area contributed by atoms with Crippen LogP contribution in [0.2, 0.25) is 0 Å². The first-order valence-electron chi connectivity index (χ1n) is 8.46. The maximum absolute atomic E-state index is 11.7. The van der Waals surface area contributed by atoms with Crippen LogP contribution in [-0.4, -0.2) is 34.5 Å². The van der Waals surface area contributed by atoms with E-state index in [1.165, 1.54) is 24.6 Å². The molecule has 0 aromatic heterocycles. The quantitative estimate of drug-likeness (QED) is 0.311. The molecule has 0 saturated carbocycles. The van der Waals surface area contributed by atoms with Crippen LogP contribution in [0.1, 0.15) is 30.4 Å². The van der Waals surface area contributed by atoms with Crippen LogP contribution >= 0.6 is 31.9 Å². The summed E-state index contributed by atoms with van der Waals surface area (Å²) < 4.78 is 1.46. The highest BCUT2D eigenvalue weighted by Gasteiger charge is 2.05. The number of nitrogens with one attached hydrogen (secondary N) is 2. The van der Waals surface area contributed by atoms with Crippen LogP contribution in [0.25, 0.3) is 0 Å². The van der Waals surface area contributed by atoms with Crippen molar-refractivity contribution in [2.45, 2.75) is 19.3 Å². The average molecular weight is 526 g/mol. The van der Waals surface area contributed by atoms with Crippen molar-refractivity contribution in [1.82, 2.24) is 10.9 Å². The molecule has 0 bridgehead atoms. The summed E-state index contributed by atoms with van der Waals surface area (Å²) >= 11 is 6.47. The van der Waals surface area contributed by atoms with Crippen molar-refractivity contribution in [1.29, 1.82) is 0 Å². The van der Waals surface area contributed by atoms with Crippen molar-refractivity contribution in [2.24, 2.45) is 10.2 Å². The molecule has 0 fully saturated rings. The van der Waals surface area contributed by atoms with E-state index in [1.54, 1.807) is 24.3 Å². The highest BCUT2D eigenvalue weighted by molar-refractivity contribution is 9.10. The molecule has 4 N–H and O–H groups in total. The van der Waals surface area contributed by atoms with Gasteiger partial charge < -0.3 is 10.2 Å². The number of nitrogens with zero attached hydrogens (tertiary/aromatic N) is 2. The summed E-state index contributed by atoms with van der Waals surface area (Å²) in [4.78, 5) is 23.5. The topological polar surface area (TPSA) is 123 Å². The first kappa shape index (κ1) is 22.6. The number of halogens is 2. The fourth-order valence-electron chi connectivity index (χ4n) is 2.12. The van der Waals surface area contributed by atoms with Gasteiger partial charge in [0.15, 0.2) is 0 Å². The lowest BCUT2D eigenvalue weighted by Crippen LogP contribution is -2.20. The zero-order chi connectivity index (χ0) is 21.2. The molecule has 0 aliphatic carbocycles. The van der Waals surface area contributed by atoms with Crippen molar-refractivity contribution in [2.75, 3.05) is 0 Å². The van der Waals surface area contributed by atoms with Gasteiger partial charge in [0, 0.05) is 32.9 Å². The number of carbonyl (C=O) groups is 2. The van der Waals surface area contributed by atoms with Crippen molar-refractivity contribution in [3.05, 3.63) is 56.5 Å². The van der Waals surface area contributed by atoms with Crippen molar-refractivity contribution in [3.63, 3.8) is 0 Å². The van der Waals surface area contributed by atoms with Crippen LogP contribution in [-0.2, 0) is 9.59 Å². The van der Waals surface area contributed by atoms with Gasteiger partial charge in [-0.05, 0) is 42.8 Å². The molecule has 0 heterocycles. The Bertz CT molecular complexity index is 872. The van der Waals surface area contributed by atoms with Gasteiger partial charge in [0.05, 0.1) is 12.4 Å². The summed E-state index contributed by atoms with van der Waals surface area (Å²) in [6, 6.07) is 9.80. The van der Waals surface area contributed by atoms with Crippen LogP contribution in [0, 0.1) is 0 Å². The second-order valence-electron chi connectivity index (χ2n) is 5.85. The van der Waals surface area contributed by atoms with E-state index < -0.39 is 0 Å². The second-order valence-corrected chi connectivity index (χ2v) is 7.68. The third-order valence-corrected chi connectivity index (χ3v) is 4.56. The van der Waals surface area contributed by atoms with E-state index in [0.29, 0.717) is 17.5 Å². The molecule has 0 saturated heterocycles. The molecule has 10 heteroatoms. The molecular weight excluding hydrogens is 508 g/mol. The van der Waals surface area contributed by atoms with E-state index in [1.807, 2.05) is 0 Å². The van der Waals surface area contributed by atoms with Gasteiger partial charge in [0.1, 0.15) is 11.5 Å². The number of hydrogen-bond donors (Lipinski definition) is 4. The fourth-order valence-corrected chi connectivity index (χ4v) is 2.82. The van der Waals surface area contributed by atoms with Gasteiger partial charge in [-0.25, -0.2) is 10.9 Å². The minimum absolute atomic E-state index is 0.0334. The van der Waals surface area contributed by atoms with Crippen molar-refractivity contribution < 1.29 is 19.8 Å². The number of amides is 2. The van der Waals surface area contributed by atoms with Crippen LogP contribution in [0.3, 0.4) is 0 Å². The standard InChI is InChI=1S/C19H18Br2N4O4/c20-14-6-4-12(16(26)8-14)10-22-24-18(28)2-1-3-19(29)25-23-11-13-5-7-15(21)9-17(13)27/h4-11,26-27H,1-3H2,(H,24,28)(H,25,29). The first-order valence-corrected chi connectivity index (χ1v) is 10.0. The number of carbonyl (C=O) groups excluding carboxylic acids is 2. The molecule has 2 aromatic rings. The van der Waals surface area contributed by atoms with Crippen LogP contribution in [0.5, 0.6) is 11.5 Å². The molecule has 2 amide bonds. The third-order valence-electron chi connectivity index (χ3n) is 3.58. The molecule has 0 unspecified atom stereocenters. The smallest absolute Gasteiger partial charge is 0.240 e. The van der Waals surface area contributed by atoms with Gasteiger partial charge in [-0.3, -0.25) is 9.59 Å². The Morgan fingerprint density at radius 2 is 1.24 bits per heavy atom. The largest absolute Gasteiger partial charge is 0.507 e. The van der Waals surface area contributed by atoms with E-state index in [4.69, 9.17) is 0 Å². The Labute approximate surface area is 184 Å². The van der Waals surface area contributed by atoms with Gasteiger partial charge in [0.25, 0.3) is 0 Å². The van der Waals surface area contributed by atoms with E-state index in [-0.39, 0.29) is 36.2 Å². The Hall–Kier alpha value is -2.72. The minimum atomic E-state index is -0.353. The summed E-state index contributed by atoms with van der Waals surface area (Å²) in [6.45, 7) is 0. The number of aromatic hydroxyl groups is 2. The zero-order valence-electron chi connectivity index (χ0n) is 15.1. The Balaban J connectivity index is 1.68. The van der Waals surface area contributed by atoms with Gasteiger partial charge in [0.2, 0.25) is 11.8 Å². The van der Waals surface area contributed by atoms with Crippen molar-refractivity contribution >= 4 is 56.1 Å². The summed E-state index contributed by atoms with van der Waals surface area (Å²) in [5, 5.41) is 27.0. The highest BCUT2D eigenvalue weighted by atomic mass is 79.9. The van der Waals surface area contributed by atoms with Crippen molar-refractivity contribution in [3.8, 4) is 11.5 Å². The molecule has 2 aromatic carbocycles. The molecule has 0 spiro atoms.